The maximum Gasteiger partial charge on any atom is 0.178 e. The molecule has 17 heavy (non-hydrogen) atoms. The van der Waals surface area contributed by atoms with Crippen molar-refractivity contribution in [1.29, 1.82) is 5.26 Å². The van der Waals surface area contributed by atoms with Gasteiger partial charge in [-0.2, -0.15) is 15.5 Å². The van der Waals surface area contributed by atoms with Crippen LogP contribution in [0.25, 0.3) is 0 Å². The second-order valence-corrected chi connectivity index (χ2v) is 3.04. The molecule has 2 rings (SSSR count). The van der Waals surface area contributed by atoms with Gasteiger partial charge in [0.1, 0.15) is 0 Å². The standard InChI is InChI=1S/C13H8N3O/c14-9-10-1-3-11(4-2-10)15-16-12-5-7-13(17)8-6-12/h1-8H/i5D,6D,7D,8D. The lowest BCUT2D eigenvalue weighted by Gasteiger charge is -1.93. The lowest BCUT2D eigenvalue weighted by Crippen LogP contribution is -1.70. The SMILES string of the molecule is [2H]c1c([2H])c(N=Nc2ccc(C#N)cc2)c([2H])c([2H])c1[O]. The Morgan fingerprint density at radius 1 is 1.00 bits per heavy atom. The molecule has 81 valence electrons. The van der Waals surface area contributed by atoms with E-state index < -0.39 is 29.9 Å². The van der Waals surface area contributed by atoms with E-state index >= 15 is 0 Å². The van der Waals surface area contributed by atoms with Gasteiger partial charge in [0.15, 0.2) is 5.75 Å². The van der Waals surface area contributed by atoms with Crippen LogP contribution in [0.5, 0.6) is 5.75 Å². The predicted octanol–water partition coefficient (Wildman–Crippen LogP) is 4.12. The van der Waals surface area contributed by atoms with Crippen molar-refractivity contribution in [3.05, 3.63) is 54.0 Å². The summed E-state index contributed by atoms with van der Waals surface area (Å²) in [6, 6.07) is 5.66. The van der Waals surface area contributed by atoms with Crippen molar-refractivity contribution in [3.8, 4) is 11.8 Å². The molecular weight excluding hydrogens is 214 g/mol. The molecule has 0 heterocycles. The molecule has 0 fully saturated rings. The van der Waals surface area contributed by atoms with Gasteiger partial charge < -0.3 is 0 Å². The van der Waals surface area contributed by atoms with Crippen molar-refractivity contribution in [2.45, 2.75) is 0 Å². The highest BCUT2D eigenvalue weighted by molar-refractivity contribution is 5.44. The number of hydrogen-bond acceptors (Lipinski definition) is 3. The van der Waals surface area contributed by atoms with Crippen molar-refractivity contribution in [1.82, 2.24) is 0 Å². The Labute approximate surface area is 104 Å². The maximum absolute atomic E-state index is 11.4. The zero-order valence-corrected chi connectivity index (χ0v) is 8.56. The normalized spacial score (nSPS) is 13.6. The Balaban J connectivity index is 2.44. The molecule has 0 aliphatic heterocycles. The van der Waals surface area contributed by atoms with Gasteiger partial charge in [0.2, 0.25) is 0 Å². The molecule has 0 amide bonds. The van der Waals surface area contributed by atoms with Crippen LogP contribution in [-0.2, 0) is 5.11 Å². The zero-order chi connectivity index (χ0) is 15.6. The quantitative estimate of drug-likeness (QED) is 0.710. The molecule has 0 aromatic heterocycles. The topological polar surface area (TPSA) is 68.4 Å². The van der Waals surface area contributed by atoms with Crippen molar-refractivity contribution in [3.63, 3.8) is 0 Å². The highest BCUT2D eigenvalue weighted by atomic mass is 16.3. The molecule has 0 bridgehead atoms. The first-order valence-corrected chi connectivity index (χ1v) is 4.65. The smallest absolute Gasteiger partial charge is 0.178 e. The molecule has 0 atom stereocenters. The number of azo groups is 1. The van der Waals surface area contributed by atoms with Crippen molar-refractivity contribution in [2.75, 3.05) is 0 Å². The van der Waals surface area contributed by atoms with Crippen LogP contribution in [0.2, 0.25) is 0 Å². The van der Waals surface area contributed by atoms with Gasteiger partial charge in [0, 0.05) is 0 Å². The van der Waals surface area contributed by atoms with Crippen LogP contribution in [0, 0.1) is 11.3 Å². The molecule has 0 aliphatic carbocycles. The van der Waals surface area contributed by atoms with Gasteiger partial charge in [0.25, 0.3) is 0 Å². The third-order valence-corrected chi connectivity index (χ3v) is 1.85. The van der Waals surface area contributed by atoms with Gasteiger partial charge in [-0.15, -0.1) is 0 Å². The first-order chi connectivity index (χ1) is 9.95. The first kappa shape index (κ1) is 6.81. The zero-order valence-electron chi connectivity index (χ0n) is 12.6. The summed E-state index contributed by atoms with van der Waals surface area (Å²) in [6.07, 6.45) is 0. The summed E-state index contributed by atoms with van der Waals surface area (Å²) in [5.74, 6) is -0.970. The van der Waals surface area contributed by atoms with E-state index in [4.69, 9.17) is 10.7 Å². The summed E-state index contributed by atoms with van der Waals surface area (Å²) in [5, 5.41) is 27.5. The molecule has 0 saturated heterocycles. The minimum absolute atomic E-state index is 0.297. The van der Waals surface area contributed by atoms with E-state index in [0.29, 0.717) is 11.3 Å². The summed E-state index contributed by atoms with van der Waals surface area (Å²) in [6.45, 7) is 0. The first-order valence-electron chi connectivity index (χ1n) is 6.65. The summed E-state index contributed by atoms with van der Waals surface area (Å²) >= 11 is 0. The number of nitriles is 1. The molecule has 2 aromatic carbocycles. The fraction of sp³-hybridized carbons (Fsp3) is 0. The van der Waals surface area contributed by atoms with Gasteiger partial charge in [-0.1, -0.05) is 0 Å². The molecule has 4 heteroatoms. The van der Waals surface area contributed by atoms with Crippen LogP contribution in [0.4, 0.5) is 11.4 Å². The molecule has 0 aliphatic rings. The molecule has 4 nitrogen and oxygen atoms in total. The summed E-state index contributed by atoms with van der Waals surface area (Å²) in [5.41, 5.74) is 0.542. The molecular formula is C13H8N3O. The van der Waals surface area contributed by atoms with Crippen LogP contribution < -0.4 is 0 Å². The lowest BCUT2D eigenvalue weighted by atomic mass is 10.2. The third-order valence-electron chi connectivity index (χ3n) is 1.85. The molecule has 1 radical (unpaired) electrons. The molecule has 0 spiro atoms. The third kappa shape index (κ3) is 2.89. The Morgan fingerprint density at radius 2 is 1.59 bits per heavy atom. The number of rotatable bonds is 2. The summed E-state index contributed by atoms with van der Waals surface area (Å²) < 4.78 is 30.1. The molecule has 0 N–H and O–H groups in total. The summed E-state index contributed by atoms with van der Waals surface area (Å²) in [7, 11) is 0. The van der Waals surface area contributed by atoms with E-state index in [2.05, 4.69) is 10.2 Å². The van der Waals surface area contributed by atoms with Gasteiger partial charge in [-0.3, -0.25) is 5.11 Å². The van der Waals surface area contributed by atoms with Crippen LogP contribution in [0.15, 0.2) is 58.7 Å². The van der Waals surface area contributed by atoms with Gasteiger partial charge in [-0.25, -0.2) is 0 Å². The van der Waals surface area contributed by atoms with Crippen LogP contribution in [-0.4, -0.2) is 0 Å². The fourth-order valence-electron chi connectivity index (χ4n) is 1.05. The highest BCUT2D eigenvalue weighted by Gasteiger charge is 1.93. The van der Waals surface area contributed by atoms with E-state index in [9.17, 15) is 5.11 Å². The number of benzene rings is 2. The molecule has 0 unspecified atom stereocenters. The average molecular weight is 226 g/mol. The Bertz CT molecular complexity index is 737. The van der Waals surface area contributed by atoms with Crippen molar-refractivity contribution >= 4 is 11.4 Å². The number of nitrogens with zero attached hydrogens (tertiary/aromatic N) is 3. The lowest BCUT2D eigenvalue weighted by molar-refractivity contribution is 0.355. The monoisotopic (exact) mass is 226 g/mol. The van der Waals surface area contributed by atoms with E-state index in [-0.39, 0.29) is 5.69 Å². The van der Waals surface area contributed by atoms with Crippen molar-refractivity contribution < 1.29 is 10.6 Å². The largest absolute Gasteiger partial charge is 0.290 e. The van der Waals surface area contributed by atoms with E-state index in [1.165, 1.54) is 24.3 Å². The van der Waals surface area contributed by atoms with Crippen molar-refractivity contribution in [2.24, 2.45) is 10.2 Å². The summed E-state index contributed by atoms with van der Waals surface area (Å²) in [4.78, 5) is 0. The van der Waals surface area contributed by atoms with Crippen LogP contribution >= 0.6 is 0 Å². The molecule has 2 aromatic rings. The maximum atomic E-state index is 11.4. The minimum atomic E-state index is -0.970. The second kappa shape index (κ2) is 4.90. The predicted molar refractivity (Wildman–Crippen MR) is 61.9 cm³/mol. The average Bonchev–Trinajstić information content (AvgIpc) is 2.51. The highest BCUT2D eigenvalue weighted by Crippen LogP contribution is 2.20. The van der Waals surface area contributed by atoms with Gasteiger partial charge >= 0.3 is 0 Å². The Kier molecular flexibility index (Phi) is 1.97. The van der Waals surface area contributed by atoms with E-state index in [1.807, 2.05) is 6.07 Å². The van der Waals surface area contributed by atoms with Crippen LogP contribution in [0.1, 0.15) is 11.0 Å². The Hall–Kier alpha value is -2.67. The number of hydrogen-bond donors (Lipinski definition) is 0. The van der Waals surface area contributed by atoms with Gasteiger partial charge in [-0.05, 0) is 48.4 Å². The fourth-order valence-corrected chi connectivity index (χ4v) is 1.05. The van der Waals surface area contributed by atoms with E-state index in [1.54, 1.807) is 0 Å². The van der Waals surface area contributed by atoms with E-state index in [0.717, 1.165) is 0 Å². The van der Waals surface area contributed by atoms with Gasteiger partial charge in [0.05, 0.1) is 28.5 Å². The Morgan fingerprint density at radius 3 is 2.18 bits per heavy atom. The minimum Gasteiger partial charge on any atom is -0.290 e. The molecule has 0 saturated carbocycles. The second-order valence-electron chi connectivity index (χ2n) is 3.04. The van der Waals surface area contributed by atoms with Crippen LogP contribution in [0.3, 0.4) is 0 Å².